The fraction of sp³-hybridized carbons (Fsp3) is 0.429. The lowest BCUT2D eigenvalue weighted by molar-refractivity contribution is -0.139. The summed E-state index contributed by atoms with van der Waals surface area (Å²) in [6.07, 6.45) is 1.92. The Bertz CT molecular complexity index is 492. The van der Waals surface area contributed by atoms with Crippen LogP contribution in [0, 0.1) is 0 Å². The Kier molecular flexibility index (Phi) is 7.56. The number of rotatable bonds is 9. The van der Waals surface area contributed by atoms with Crippen molar-refractivity contribution >= 4 is 29.2 Å². The summed E-state index contributed by atoms with van der Waals surface area (Å²) in [5.41, 5.74) is 0.492. The summed E-state index contributed by atoms with van der Waals surface area (Å²) in [7, 11) is 0. The first kappa shape index (κ1) is 17.3. The maximum atomic E-state index is 11.6. The first-order valence-electron chi connectivity index (χ1n) is 6.54. The Balaban J connectivity index is 2.47. The van der Waals surface area contributed by atoms with Crippen molar-refractivity contribution in [3.63, 3.8) is 0 Å². The minimum Gasteiger partial charge on any atom is -0.480 e. The molecule has 0 spiro atoms. The Morgan fingerprint density at radius 2 is 2.10 bits per heavy atom. The number of carboxylic acid groups (broad SMARTS) is 1. The minimum atomic E-state index is -1.09. The molecule has 21 heavy (non-hydrogen) atoms. The zero-order chi connectivity index (χ0) is 15.7. The van der Waals surface area contributed by atoms with Gasteiger partial charge >= 0.3 is 5.97 Å². The SMILES string of the molecule is CCCCOCC(=O)Nc1ccc(OCC(=O)O)c(Cl)c1. The topological polar surface area (TPSA) is 84.9 Å². The highest BCUT2D eigenvalue weighted by Crippen LogP contribution is 2.27. The van der Waals surface area contributed by atoms with Crippen LogP contribution in [-0.2, 0) is 14.3 Å². The fourth-order valence-electron chi connectivity index (χ4n) is 1.44. The van der Waals surface area contributed by atoms with Crippen LogP contribution in [0.25, 0.3) is 0 Å². The molecule has 0 saturated carbocycles. The summed E-state index contributed by atoms with van der Waals surface area (Å²) in [5, 5.41) is 11.4. The molecule has 0 fully saturated rings. The Labute approximate surface area is 128 Å². The summed E-state index contributed by atoms with van der Waals surface area (Å²) >= 11 is 5.94. The number of carboxylic acids is 1. The van der Waals surface area contributed by atoms with Crippen molar-refractivity contribution in [2.45, 2.75) is 19.8 Å². The van der Waals surface area contributed by atoms with Crippen LogP contribution in [-0.4, -0.2) is 36.8 Å². The van der Waals surface area contributed by atoms with Gasteiger partial charge in [0.15, 0.2) is 6.61 Å². The maximum absolute atomic E-state index is 11.6. The van der Waals surface area contributed by atoms with Crippen molar-refractivity contribution in [3.05, 3.63) is 23.2 Å². The molecule has 2 N–H and O–H groups in total. The lowest BCUT2D eigenvalue weighted by Crippen LogP contribution is -2.18. The van der Waals surface area contributed by atoms with E-state index >= 15 is 0 Å². The summed E-state index contributed by atoms with van der Waals surface area (Å²) < 4.78 is 10.2. The molecular weight excluding hydrogens is 298 g/mol. The van der Waals surface area contributed by atoms with Crippen molar-refractivity contribution in [2.24, 2.45) is 0 Å². The van der Waals surface area contributed by atoms with E-state index in [1.54, 1.807) is 6.07 Å². The van der Waals surface area contributed by atoms with E-state index < -0.39 is 12.6 Å². The third-order valence-corrected chi connectivity index (χ3v) is 2.74. The average Bonchev–Trinajstić information content (AvgIpc) is 2.42. The number of aliphatic carboxylic acids is 1. The number of carbonyl (C=O) groups is 2. The largest absolute Gasteiger partial charge is 0.480 e. The molecule has 0 atom stereocenters. The molecule has 0 radical (unpaired) electrons. The number of carbonyl (C=O) groups excluding carboxylic acids is 1. The molecule has 1 aromatic carbocycles. The number of benzene rings is 1. The normalized spacial score (nSPS) is 10.2. The molecule has 116 valence electrons. The molecule has 6 nitrogen and oxygen atoms in total. The second-order valence-electron chi connectivity index (χ2n) is 4.28. The summed E-state index contributed by atoms with van der Waals surface area (Å²) in [4.78, 5) is 22.0. The zero-order valence-electron chi connectivity index (χ0n) is 11.7. The molecule has 0 aliphatic heterocycles. The Morgan fingerprint density at radius 1 is 1.33 bits per heavy atom. The standard InChI is InChI=1S/C14H18ClNO5/c1-2-3-6-20-8-13(17)16-10-4-5-12(11(15)7-10)21-9-14(18)19/h4-5,7H,2-3,6,8-9H2,1H3,(H,16,17)(H,18,19). The second-order valence-corrected chi connectivity index (χ2v) is 4.69. The van der Waals surface area contributed by atoms with Gasteiger partial charge in [0.2, 0.25) is 5.91 Å². The highest BCUT2D eigenvalue weighted by atomic mass is 35.5. The number of hydrogen-bond donors (Lipinski definition) is 2. The number of hydrogen-bond acceptors (Lipinski definition) is 4. The van der Waals surface area contributed by atoms with Gasteiger partial charge in [-0.15, -0.1) is 0 Å². The van der Waals surface area contributed by atoms with Gasteiger partial charge in [-0.25, -0.2) is 4.79 Å². The predicted octanol–water partition coefficient (Wildman–Crippen LogP) is 2.56. The number of amides is 1. The van der Waals surface area contributed by atoms with E-state index in [2.05, 4.69) is 5.32 Å². The van der Waals surface area contributed by atoms with Crippen molar-refractivity contribution in [1.29, 1.82) is 0 Å². The first-order valence-corrected chi connectivity index (χ1v) is 6.92. The number of nitrogens with one attached hydrogen (secondary N) is 1. The quantitative estimate of drug-likeness (QED) is 0.684. The van der Waals surface area contributed by atoms with Gasteiger partial charge in [-0.2, -0.15) is 0 Å². The van der Waals surface area contributed by atoms with Crippen LogP contribution in [0.5, 0.6) is 5.75 Å². The van der Waals surface area contributed by atoms with Gasteiger partial charge < -0.3 is 19.9 Å². The van der Waals surface area contributed by atoms with Crippen LogP contribution < -0.4 is 10.1 Å². The van der Waals surface area contributed by atoms with Gasteiger partial charge in [-0.05, 0) is 24.6 Å². The molecule has 1 aromatic rings. The van der Waals surface area contributed by atoms with Crippen LogP contribution in [0.1, 0.15) is 19.8 Å². The van der Waals surface area contributed by atoms with E-state index in [0.717, 1.165) is 12.8 Å². The van der Waals surface area contributed by atoms with Gasteiger partial charge in [0.25, 0.3) is 0 Å². The Hall–Kier alpha value is -1.79. The van der Waals surface area contributed by atoms with Crippen molar-refractivity contribution in [2.75, 3.05) is 25.1 Å². The third-order valence-electron chi connectivity index (χ3n) is 2.44. The number of unbranched alkanes of at least 4 members (excludes halogenated alkanes) is 1. The van der Waals surface area contributed by atoms with E-state index in [4.69, 9.17) is 26.2 Å². The minimum absolute atomic E-state index is 0.0190. The molecule has 7 heteroatoms. The lowest BCUT2D eigenvalue weighted by Gasteiger charge is -2.09. The van der Waals surface area contributed by atoms with E-state index in [1.165, 1.54) is 12.1 Å². The summed E-state index contributed by atoms with van der Waals surface area (Å²) in [5.74, 6) is -1.12. The maximum Gasteiger partial charge on any atom is 0.341 e. The van der Waals surface area contributed by atoms with Crippen LogP contribution >= 0.6 is 11.6 Å². The number of halogens is 1. The molecule has 0 aliphatic rings. The molecule has 0 saturated heterocycles. The van der Waals surface area contributed by atoms with Crippen molar-refractivity contribution < 1.29 is 24.2 Å². The summed E-state index contributed by atoms with van der Waals surface area (Å²) in [6, 6.07) is 4.56. The van der Waals surface area contributed by atoms with Crippen molar-refractivity contribution in [3.8, 4) is 5.75 Å². The second kappa shape index (κ2) is 9.20. The zero-order valence-corrected chi connectivity index (χ0v) is 12.5. The van der Waals surface area contributed by atoms with Crippen LogP contribution in [0.2, 0.25) is 5.02 Å². The van der Waals surface area contributed by atoms with Crippen LogP contribution in [0.4, 0.5) is 5.69 Å². The summed E-state index contributed by atoms with van der Waals surface area (Å²) in [6.45, 7) is 2.09. The molecule has 0 heterocycles. The predicted molar refractivity (Wildman–Crippen MR) is 78.9 cm³/mol. The van der Waals surface area contributed by atoms with Crippen LogP contribution in [0.3, 0.4) is 0 Å². The van der Waals surface area contributed by atoms with E-state index in [1.807, 2.05) is 6.92 Å². The smallest absolute Gasteiger partial charge is 0.341 e. The highest BCUT2D eigenvalue weighted by Gasteiger charge is 2.08. The Morgan fingerprint density at radius 3 is 2.71 bits per heavy atom. The van der Waals surface area contributed by atoms with Gasteiger partial charge in [0.05, 0.1) is 5.02 Å². The van der Waals surface area contributed by atoms with Gasteiger partial charge in [-0.1, -0.05) is 24.9 Å². The third kappa shape index (κ3) is 6.97. The van der Waals surface area contributed by atoms with Crippen LogP contribution in [0.15, 0.2) is 18.2 Å². The number of ether oxygens (including phenoxy) is 2. The van der Waals surface area contributed by atoms with Gasteiger partial charge in [0.1, 0.15) is 12.4 Å². The first-order chi connectivity index (χ1) is 10.0. The molecular formula is C14H18ClNO5. The highest BCUT2D eigenvalue weighted by molar-refractivity contribution is 6.32. The van der Waals surface area contributed by atoms with Crippen molar-refractivity contribution in [1.82, 2.24) is 0 Å². The number of anilines is 1. The van der Waals surface area contributed by atoms with Gasteiger partial charge in [0, 0.05) is 12.3 Å². The average molecular weight is 316 g/mol. The van der Waals surface area contributed by atoms with Gasteiger partial charge in [-0.3, -0.25) is 4.79 Å². The monoisotopic (exact) mass is 315 g/mol. The molecule has 1 amide bonds. The fourth-order valence-corrected chi connectivity index (χ4v) is 1.68. The van der Waals surface area contributed by atoms with E-state index in [-0.39, 0.29) is 23.3 Å². The molecule has 0 aromatic heterocycles. The molecule has 0 aliphatic carbocycles. The lowest BCUT2D eigenvalue weighted by atomic mass is 10.3. The van der Waals surface area contributed by atoms with E-state index in [9.17, 15) is 9.59 Å². The molecule has 1 rings (SSSR count). The van der Waals surface area contributed by atoms with E-state index in [0.29, 0.717) is 12.3 Å². The molecule has 0 unspecified atom stereocenters. The molecule has 0 bridgehead atoms.